The van der Waals surface area contributed by atoms with Crippen LogP contribution in [0.5, 0.6) is 0 Å². The molecule has 7 nitrogen and oxygen atoms in total. The average Bonchev–Trinajstić information content (AvgIpc) is 2.76. The number of nitrogen functional groups attached to an aromatic ring is 1. The Morgan fingerprint density at radius 1 is 1.13 bits per heavy atom. The molecule has 3 atom stereocenters. The van der Waals surface area contributed by atoms with Gasteiger partial charge in [0, 0.05) is 16.9 Å². The molecule has 210 valence electrons. The number of hydrogen-bond acceptors (Lipinski definition) is 6. The number of rotatable bonds is 5. The van der Waals surface area contributed by atoms with E-state index >= 15 is 0 Å². The van der Waals surface area contributed by atoms with E-state index in [0.717, 1.165) is 11.1 Å². The molecule has 0 saturated carbocycles. The summed E-state index contributed by atoms with van der Waals surface area (Å²) in [4.78, 5) is 14.7. The van der Waals surface area contributed by atoms with Crippen LogP contribution in [0.2, 0.25) is 0 Å². The lowest BCUT2D eigenvalue weighted by molar-refractivity contribution is -0.0172. The number of amides is 1. The van der Waals surface area contributed by atoms with Crippen molar-refractivity contribution in [3.63, 3.8) is 0 Å². The van der Waals surface area contributed by atoms with Crippen LogP contribution in [0.4, 0.5) is 14.9 Å². The van der Waals surface area contributed by atoms with E-state index < -0.39 is 51.2 Å². The van der Waals surface area contributed by atoms with Crippen molar-refractivity contribution >= 4 is 37.5 Å². The van der Waals surface area contributed by atoms with Crippen LogP contribution < -0.4 is 5.73 Å². The molecule has 3 rings (SSSR count). The third-order valence-electron chi connectivity index (χ3n) is 6.58. The van der Waals surface area contributed by atoms with Gasteiger partial charge in [0.25, 0.3) is 0 Å². The van der Waals surface area contributed by atoms with Crippen LogP contribution in [0.25, 0.3) is 0 Å². The molecule has 0 aliphatic carbocycles. The fourth-order valence-corrected chi connectivity index (χ4v) is 7.13. The van der Waals surface area contributed by atoms with Crippen LogP contribution in [0.1, 0.15) is 58.2 Å². The van der Waals surface area contributed by atoms with E-state index in [0.29, 0.717) is 10.0 Å². The third-order valence-corrected chi connectivity index (χ3v) is 9.02. The van der Waals surface area contributed by atoms with Gasteiger partial charge >= 0.3 is 6.09 Å². The lowest BCUT2D eigenvalue weighted by Crippen LogP contribution is -2.58. The Bertz CT molecular complexity index is 1260. The highest BCUT2D eigenvalue weighted by atomic mass is 79.9. The fraction of sp³-hybridized carbons (Fsp3) is 0.536. The number of sulfone groups is 1. The smallest absolute Gasteiger partial charge is 0.410 e. The second kappa shape index (κ2) is 11.1. The minimum atomic E-state index is -3.65. The van der Waals surface area contributed by atoms with E-state index in [9.17, 15) is 22.7 Å². The minimum Gasteiger partial charge on any atom is -0.444 e. The second-order valence-corrected chi connectivity index (χ2v) is 15.1. The van der Waals surface area contributed by atoms with Gasteiger partial charge in [-0.15, -0.1) is 0 Å². The summed E-state index contributed by atoms with van der Waals surface area (Å²) in [5, 5.41) is 11.5. The predicted molar refractivity (Wildman–Crippen MR) is 151 cm³/mol. The van der Waals surface area contributed by atoms with Crippen molar-refractivity contribution in [2.24, 2.45) is 5.92 Å². The molecule has 2 aromatic rings. The maximum atomic E-state index is 14.3. The number of nitrogens with two attached hydrogens (primary N) is 1. The number of halogens is 2. The number of carbonyl (C=O) groups is 1. The zero-order valence-corrected chi connectivity index (χ0v) is 25.2. The molecular formula is C28H38BrFN2O5S. The number of aliphatic hydroxyl groups excluding tert-OH is 1. The number of carbonyl (C=O) groups excluding carboxylic acids is 1. The normalized spacial score (nSPS) is 21.7. The van der Waals surface area contributed by atoms with Crippen LogP contribution >= 0.6 is 15.9 Å². The van der Waals surface area contributed by atoms with Crippen LogP contribution in [-0.4, -0.2) is 53.8 Å². The summed E-state index contributed by atoms with van der Waals surface area (Å²) < 4.78 is 46.4. The highest BCUT2D eigenvalue weighted by Crippen LogP contribution is 2.32. The zero-order chi connectivity index (χ0) is 28.6. The lowest BCUT2D eigenvalue weighted by Gasteiger charge is -2.41. The van der Waals surface area contributed by atoms with Crippen LogP contribution in [0.15, 0.2) is 40.9 Å². The standard InChI is InChI=1S/C28H38BrFN2O5S/c1-27(2,3)20-9-7-8-17(11-20)14-32(26(34)37-28(4,5)6)23-16-38(35,36)15-19(25(23)33)10-18-12-21(29)24(31)22(30)13-18/h7-9,11-13,19,23,25,33H,10,14-16,31H2,1-6H3. The Hall–Kier alpha value is -2.17. The molecule has 10 heteroatoms. The first-order valence-electron chi connectivity index (χ1n) is 12.6. The first kappa shape index (κ1) is 30.4. The van der Waals surface area contributed by atoms with E-state index in [-0.39, 0.29) is 29.8 Å². The number of anilines is 1. The highest BCUT2D eigenvalue weighted by Gasteiger charge is 2.44. The quantitative estimate of drug-likeness (QED) is 0.448. The molecule has 1 amide bonds. The molecule has 3 N–H and O–H groups in total. The van der Waals surface area contributed by atoms with Crippen LogP contribution in [0, 0.1) is 11.7 Å². The molecular weight excluding hydrogens is 575 g/mol. The van der Waals surface area contributed by atoms with E-state index in [2.05, 4.69) is 36.7 Å². The molecule has 1 fully saturated rings. The summed E-state index contributed by atoms with van der Waals surface area (Å²) in [6, 6.07) is 9.55. The van der Waals surface area contributed by atoms with Gasteiger partial charge in [0.1, 0.15) is 11.4 Å². The van der Waals surface area contributed by atoms with Crippen molar-refractivity contribution in [2.45, 2.75) is 77.7 Å². The van der Waals surface area contributed by atoms with E-state index in [1.807, 2.05) is 24.3 Å². The van der Waals surface area contributed by atoms with E-state index in [1.165, 1.54) is 11.0 Å². The SMILES string of the molecule is CC(C)(C)OC(=O)N(Cc1cccc(C(C)(C)C)c1)C1CS(=O)(=O)CC(Cc2cc(F)c(N)c(Br)c2)C1O. The van der Waals surface area contributed by atoms with Crippen molar-refractivity contribution < 1.29 is 27.4 Å². The Morgan fingerprint density at radius 2 is 1.79 bits per heavy atom. The number of ether oxygens (including phenoxy) is 1. The summed E-state index contributed by atoms with van der Waals surface area (Å²) in [5.74, 6) is -2.08. The maximum Gasteiger partial charge on any atom is 0.410 e. The molecule has 2 aromatic carbocycles. The van der Waals surface area contributed by atoms with Gasteiger partial charge in [-0.3, -0.25) is 4.90 Å². The molecule has 0 spiro atoms. The van der Waals surface area contributed by atoms with Gasteiger partial charge < -0.3 is 15.6 Å². The molecule has 1 saturated heterocycles. The van der Waals surface area contributed by atoms with Crippen molar-refractivity contribution in [1.29, 1.82) is 0 Å². The van der Waals surface area contributed by atoms with Crippen molar-refractivity contribution in [1.82, 2.24) is 4.90 Å². The number of aliphatic hydroxyl groups is 1. The Kier molecular flexibility index (Phi) is 8.90. The summed E-state index contributed by atoms with van der Waals surface area (Å²) in [5.41, 5.74) is 7.03. The molecule has 0 radical (unpaired) electrons. The number of hydrogen-bond donors (Lipinski definition) is 2. The van der Waals surface area contributed by atoms with Crippen molar-refractivity contribution in [3.8, 4) is 0 Å². The van der Waals surface area contributed by atoms with Gasteiger partial charge in [0.15, 0.2) is 9.84 Å². The largest absolute Gasteiger partial charge is 0.444 e. The maximum absolute atomic E-state index is 14.3. The van der Waals surface area contributed by atoms with E-state index in [4.69, 9.17) is 10.5 Å². The highest BCUT2D eigenvalue weighted by molar-refractivity contribution is 9.10. The Morgan fingerprint density at radius 3 is 2.37 bits per heavy atom. The van der Waals surface area contributed by atoms with Gasteiger partial charge in [-0.2, -0.15) is 0 Å². The average molecular weight is 614 g/mol. The van der Waals surface area contributed by atoms with Crippen molar-refractivity contribution in [3.05, 3.63) is 63.4 Å². The van der Waals surface area contributed by atoms with Gasteiger partial charge in [-0.1, -0.05) is 45.0 Å². The van der Waals surface area contributed by atoms with Gasteiger partial charge in [0.2, 0.25) is 0 Å². The van der Waals surface area contributed by atoms with Gasteiger partial charge in [0.05, 0.1) is 29.3 Å². The Balaban J connectivity index is 1.99. The summed E-state index contributed by atoms with van der Waals surface area (Å²) >= 11 is 3.22. The zero-order valence-electron chi connectivity index (χ0n) is 22.8. The third kappa shape index (κ3) is 7.70. The van der Waals surface area contributed by atoms with Crippen LogP contribution in [0.3, 0.4) is 0 Å². The molecule has 3 unspecified atom stereocenters. The van der Waals surface area contributed by atoms with Crippen LogP contribution in [-0.2, 0) is 33.0 Å². The number of nitrogens with zero attached hydrogens (tertiary/aromatic N) is 1. The second-order valence-electron chi connectivity index (χ2n) is 12.1. The molecule has 0 bridgehead atoms. The predicted octanol–water partition coefficient (Wildman–Crippen LogP) is 5.22. The molecule has 1 aliphatic rings. The molecule has 1 heterocycles. The monoisotopic (exact) mass is 612 g/mol. The molecule has 1 aliphatic heterocycles. The molecule has 0 aromatic heterocycles. The lowest BCUT2D eigenvalue weighted by atomic mass is 9.86. The first-order valence-corrected chi connectivity index (χ1v) is 15.2. The fourth-order valence-electron chi connectivity index (χ4n) is 4.65. The summed E-state index contributed by atoms with van der Waals surface area (Å²) in [6.07, 6.45) is -1.80. The minimum absolute atomic E-state index is 0.0444. The van der Waals surface area contributed by atoms with Crippen molar-refractivity contribution in [2.75, 3.05) is 17.2 Å². The van der Waals surface area contributed by atoms with Gasteiger partial charge in [-0.25, -0.2) is 17.6 Å². The summed E-state index contributed by atoms with van der Waals surface area (Å²) in [7, 11) is -3.65. The summed E-state index contributed by atoms with van der Waals surface area (Å²) in [6.45, 7) is 11.5. The van der Waals surface area contributed by atoms with Gasteiger partial charge in [-0.05, 0) is 77.4 Å². The Labute approximate surface area is 233 Å². The topological polar surface area (TPSA) is 110 Å². The van der Waals surface area contributed by atoms with E-state index in [1.54, 1.807) is 26.8 Å². The number of benzene rings is 2. The molecule has 38 heavy (non-hydrogen) atoms. The first-order chi connectivity index (χ1) is 17.4.